The summed E-state index contributed by atoms with van der Waals surface area (Å²) in [5.41, 5.74) is 2.34. The van der Waals surface area contributed by atoms with Crippen molar-refractivity contribution in [1.29, 1.82) is 0 Å². The minimum Gasteiger partial charge on any atom is -0.486 e. The molecule has 0 heterocycles. The van der Waals surface area contributed by atoms with Gasteiger partial charge in [0, 0.05) is 0 Å². The van der Waals surface area contributed by atoms with Gasteiger partial charge in [0.05, 0.1) is 0 Å². The highest BCUT2D eigenvalue weighted by Crippen LogP contribution is 2.07. The van der Waals surface area contributed by atoms with Crippen molar-refractivity contribution >= 4 is 29.6 Å². The first-order valence-corrected chi connectivity index (χ1v) is 3.91. The average Bonchev–Trinajstić information content (AvgIpc) is 2.16. The Morgan fingerprint density at radius 1 is 1.38 bits per heavy atom. The zero-order chi connectivity index (χ0) is 8.81. The quantitative estimate of drug-likeness (QED) is 0.456. The highest BCUT2D eigenvalue weighted by atomic mass is 35.5. The molecule has 13 heavy (non-hydrogen) atoms. The van der Waals surface area contributed by atoms with Crippen LogP contribution in [0.2, 0.25) is 0 Å². The highest BCUT2D eigenvalue weighted by molar-refractivity contribution is 7.80. The van der Waals surface area contributed by atoms with Crippen LogP contribution in [0.15, 0.2) is 30.3 Å². The third-order valence-corrected chi connectivity index (χ3v) is 1.51. The summed E-state index contributed by atoms with van der Waals surface area (Å²) in [5.74, 6) is 5.85. The molecule has 0 unspecified atom stereocenters. The van der Waals surface area contributed by atoms with Crippen LogP contribution in [0.5, 0.6) is 5.75 Å². The number of hydrogen-bond acceptors (Lipinski definition) is 3. The van der Waals surface area contributed by atoms with Crippen LogP contribution in [0.1, 0.15) is 0 Å². The van der Waals surface area contributed by atoms with Gasteiger partial charge in [-0.15, -0.1) is 12.4 Å². The first-order valence-electron chi connectivity index (χ1n) is 3.50. The van der Waals surface area contributed by atoms with E-state index in [0.29, 0.717) is 11.6 Å². The maximum atomic E-state index is 5.27. The summed E-state index contributed by atoms with van der Waals surface area (Å²) >= 11 is 4.79. The molecule has 0 spiro atoms. The molecule has 5 heteroatoms. The van der Waals surface area contributed by atoms with E-state index < -0.39 is 0 Å². The van der Waals surface area contributed by atoms with E-state index >= 15 is 0 Å². The van der Waals surface area contributed by atoms with Gasteiger partial charge in [-0.25, -0.2) is 5.84 Å². The molecule has 0 radical (unpaired) electrons. The van der Waals surface area contributed by atoms with Gasteiger partial charge in [0.1, 0.15) is 17.3 Å². The molecule has 1 aromatic carbocycles. The number of thiocarbonyl (C=S) groups is 1. The molecule has 0 aliphatic heterocycles. The lowest BCUT2D eigenvalue weighted by molar-refractivity contribution is 0.375. The second-order valence-corrected chi connectivity index (χ2v) is 2.66. The van der Waals surface area contributed by atoms with E-state index in [1.165, 1.54) is 0 Å². The third kappa shape index (κ3) is 4.67. The molecule has 3 N–H and O–H groups in total. The second-order valence-electron chi connectivity index (χ2n) is 2.17. The normalized spacial score (nSPS) is 8.38. The van der Waals surface area contributed by atoms with Gasteiger partial charge in [0.2, 0.25) is 0 Å². The van der Waals surface area contributed by atoms with Gasteiger partial charge in [-0.05, 0) is 12.1 Å². The second kappa shape index (κ2) is 6.65. The molecular weight excluding hydrogens is 208 g/mol. The molecule has 0 aliphatic carbocycles. The molecule has 0 saturated carbocycles. The SMILES string of the molecule is Cl.NNC(=S)COc1ccccc1. The summed E-state index contributed by atoms with van der Waals surface area (Å²) < 4.78 is 5.27. The van der Waals surface area contributed by atoms with E-state index in [4.69, 9.17) is 22.8 Å². The Labute approximate surface area is 88.6 Å². The Hall–Kier alpha value is -0.840. The van der Waals surface area contributed by atoms with Crippen molar-refractivity contribution in [3.63, 3.8) is 0 Å². The number of benzene rings is 1. The molecule has 1 rings (SSSR count). The predicted octanol–water partition coefficient (Wildman–Crippen LogP) is 1.28. The lowest BCUT2D eigenvalue weighted by atomic mass is 10.3. The van der Waals surface area contributed by atoms with Gasteiger partial charge in [-0.3, -0.25) is 0 Å². The van der Waals surface area contributed by atoms with Crippen LogP contribution in [-0.2, 0) is 0 Å². The molecule has 3 nitrogen and oxygen atoms in total. The van der Waals surface area contributed by atoms with Crippen molar-refractivity contribution in [2.75, 3.05) is 6.61 Å². The minimum atomic E-state index is 0. The van der Waals surface area contributed by atoms with Gasteiger partial charge in [-0.2, -0.15) is 0 Å². The summed E-state index contributed by atoms with van der Waals surface area (Å²) in [6.45, 7) is 0.315. The van der Waals surface area contributed by atoms with Crippen molar-refractivity contribution in [2.45, 2.75) is 0 Å². The number of para-hydroxylation sites is 1. The number of rotatable bonds is 3. The van der Waals surface area contributed by atoms with Crippen molar-refractivity contribution in [3.8, 4) is 5.75 Å². The Morgan fingerprint density at radius 2 is 2.00 bits per heavy atom. The first kappa shape index (κ1) is 12.2. The molecule has 0 fully saturated rings. The summed E-state index contributed by atoms with van der Waals surface area (Å²) in [4.78, 5) is 0.485. The highest BCUT2D eigenvalue weighted by Gasteiger charge is 1.94. The van der Waals surface area contributed by atoms with Gasteiger partial charge >= 0.3 is 0 Å². The predicted molar refractivity (Wildman–Crippen MR) is 59.1 cm³/mol. The maximum Gasteiger partial charge on any atom is 0.139 e. The van der Waals surface area contributed by atoms with Crippen LogP contribution in [-0.4, -0.2) is 11.6 Å². The topological polar surface area (TPSA) is 47.3 Å². The van der Waals surface area contributed by atoms with Gasteiger partial charge in [0.25, 0.3) is 0 Å². The Balaban J connectivity index is 0.00000144. The van der Waals surface area contributed by atoms with Gasteiger partial charge < -0.3 is 10.2 Å². The van der Waals surface area contributed by atoms with Gasteiger partial charge in [0.15, 0.2) is 0 Å². The van der Waals surface area contributed by atoms with Crippen LogP contribution >= 0.6 is 24.6 Å². The first-order chi connectivity index (χ1) is 5.83. The molecule has 0 atom stereocenters. The van der Waals surface area contributed by atoms with E-state index in [1.807, 2.05) is 30.3 Å². The summed E-state index contributed by atoms with van der Waals surface area (Å²) in [6.07, 6.45) is 0. The number of hydrazine groups is 1. The molecule has 72 valence electrons. The fourth-order valence-corrected chi connectivity index (χ4v) is 0.766. The van der Waals surface area contributed by atoms with Crippen LogP contribution in [0.3, 0.4) is 0 Å². The van der Waals surface area contributed by atoms with Crippen LogP contribution in [0, 0.1) is 0 Å². The molecular formula is C8H11ClN2OS. The maximum absolute atomic E-state index is 5.27. The average molecular weight is 219 g/mol. The zero-order valence-electron chi connectivity index (χ0n) is 6.90. The number of hydrogen-bond donors (Lipinski definition) is 2. The van der Waals surface area contributed by atoms with Crippen LogP contribution in [0.25, 0.3) is 0 Å². The van der Waals surface area contributed by atoms with Crippen molar-refractivity contribution < 1.29 is 4.74 Å². The fraction of sp³-hybridized carbons (Fsp3) is 0.125. The Morgan fingerprint density at radius 3 is 2.54 bits per heavy atom. The number of ether oxygens (including phenoxy) is 1. The smallest absolute Gasteiger partial charge is 0.139 e. The lowest BCUT2D eigenvalue weighted by Gasteiger charge is -2.05. The largest absolute Gasteiger partial charge is 0.486 e. The van der Waals surface area contributed by atoms with E-state index in [9.17, 15) is 0 Å². The zero-order valence-corrected chi connectivity index (χ0v) is 8.53. The molecule has 0 aromatic heterocycles. The lowest BCUT2D eigenvalue weighted by Crippen LogP contribution is -2.32. The summed E-state index contributed by atoms with van der Waals surface area (Å²) in [6, 6.07) is 9.44. The fourth-order valence-electron chi connectivity index (χ4n) is 0.707. The van der Waals surface area contributed by atoms with E-state index in [2.05, 4.69) is 5.43 Å². The molecule has 0 aliphatic rings. The molecule has 0 saturated heterocycles. The van der Waals surface area contributed by atoms with Crippen molar-refractivity contribution in [2.24, 2.45) is 5.84 Å². The van der Waals surface area contributed by atoms with Gasteiger partial charge in [-0.1, -0.05) is 30.4 Å². The molecule has 0 bridgehead atoms. The van der Waals surface area contributed by atoms with Crippen LogP contribution in [0.4, 0.5) is 0 Å². The standard InChI is InChI=1S/C8H10N2OS.ClH/c9-10-8(12)6-11-7-4-2-1-3-5-7;/h1-5H,6,9H2,(H,10,12);1H. The van der Waals surface area contributed by atoms with E-state index in [-0.39, 0.29) is 12.4 Å². The Kier molecular flexibility index (Phi) is 6.22. The number of nitrogens with one attached hydrogen (secondary N) is 1. The van der Waals surface area contributed by atoms with Crippen molar-refractivity contribution in [3.05, 3.63) is 30.3 Å². The van der Waals surface area contributed by atoms with E-state index in [1.54, 1.807) is 0 Å². The molecule has 0 amide bonds. The molecule has 1 aromatic rings. The van der Waals surface area contributed by atoms with Crippen molar-refractivity contribution in [1.82, 2.24) is 5.43 Å². The van der Waals surface area contributed by atoms with E-state index in [0.717, 1.165) is 5.75 Å². The monoisotopic (exact) mass is 218 g/mol. The van der Waals surface area contributed by atoms with Crippen LogP contribution < -0.4 is 16.0 Å². The third-order valence-electron chi connectivity index (χ3n) is 1.27. The number of nitrogens with two attached hydrogens (primary N) is 1. The summed E-state index contributed by atoms with van der Waals surface area (Å²) in [5, 5.41) is 0. The minimum absolute atomic E-state index is 0. The summed E-state index contributed by atoms with van der Waals surface area (Å²) in [7, 11) is 0. The number of halogens is 1. The Bertz CT molecular complexity index is 256.